The number of thiazole rings is 1. The second-order valence-electron chi connectivity index (χ2n) is 6.72. The zero-order chi connectivity index (χ0) is 14.0. The maximum Gasteiger partial charge on any atom is 0.107 e. The molecule has 0 bridgehead atoms. The smallest absolute Gasteiger partial charge is 0.107 e. The summed E-state index contributed by atoms with van der Waals surface area (Å²) in [5, 5.41) is 3.44. The lowest BCUT2D eigenvalue weighted by molar-refractivity contribution is 0.0890. The van der Waals surface area contributed by atoms with E-state index in [2.05, 4.69) is 38.0 Å². The Morgan fingerprint density at radius 1 is 1.42 bits per heavy atom. The molecule has 0 radical (unpaired) electrons. The lowest BCUT2D eigenvalue weighted by Crippen LogP contribution is -2.48. The Hall–Kier alpha value is -0.450. The van der Waals surface area contributed by atoms with Crippen LogP contribution in [0.3, 0.4) is 0 Å². The van der Waals surface area contributed by atoms with Gasteiger partial charge < -0.3 is 5.73 Å². The molecule has 19 heavy (non-hydrogen) atoms. The first-order valence-corrected chi connectivity index (χ1v) is 8.20. The van der Waals surface area contributed by atoms with Gasteiger partial charge in [-0.2, -0.15) is 0 Å². The maximum atomic E-state index is 5.93. The van der Waals surface area contributed by atoms with Crippen molar-refractivity contribution in [3.8, 4) is 0 Å². The fourth-order valence-electron chi connectivity index (χ4n) is 2.76. The molecular formula is C15H27N3S. The highest BCUT2D eigenvalue weighted by molar-refractivity contribution is 7.09. The summed E-state index contributed by atoms with van der Waals surface area (Å²) < 4.78 is 0. The topological polar surface area (TPSA) is 42.1 Å². The van der Waals surface area contributed by atoms with Gasteiger partial charge in [0, 0.05) is 29.4 Å². The fraction of sp³-hybridized carbons (Fsp3) is 0.800. The Bertz CT molecular complexity index is 408. The van der Waals surface area contributed by atoms with Gasteiger partial charge in [-0.05, 0) is 19.8 Å². The van der Waals surface area contributed by atoms with Crippen molar-refractivity contribution in [1.29, 1.82) is 0 Å². The van der Waals surface area contributed by atoms with Crippen molar-refractivity contribution in [1.82, 2.24) is 9.88 Å². The van der Waals surface area contributed by atoms with Crippen LogP contribution in [0.1, 0.15) is 57.7 Å². The van der Waals surface area contributed by atoms with Crippen LogP contribution in [0, 0.1) is 0 Å². The molecule has 0 aliphatic carbocycles. The van der Waals surface area contributed by atoms with Crippen LogP contribution in [0.2, 0.25) is 0 Å². The van der Waals surface area contributed by atoms with Gasteiger partial charge in [0.15, 0.2) is 0 Å². The van der Waals surface area contributed by atoms with Crippen LogP contribution in [-0.2, 0) is 12.0 Å². The minimum Gasteiger partial charge on any atom is -0.329 e. The number of piperidine rings is 1. The highest BCUT2D eigenvalue weighted by Gasteiger charge is 2.28. The van der Waals surface area contributed by atoms with E-state index in [0.29, 0.717) is 12.1 Å². The van der Waals surface area contributed by atoms with Crippen molar-refractivity contribution in [2.45, 2.75) is 71.0 Å². The summed E-state index contributed by atoms with van der Waals surface area (Å²) in [5.41, 5.74) is 7.28. The molecule has 2 rings (SSSR count). The number of hydrogen-bond acceptors (Lipinski definition) is 4. The van der Waals surface area contributed by atoms with Gasteiger partial charge >= 0.3 is 0 Å². The molecule has 4 heteroatoms. The van der Waals surface area contributed by atoms with Crippen LogP contribution < -0.4 is 5.73 Å². The number of rotatable bonds is 3. The van der Waals surface area contributed by atoms with Gasteiger partial charge in [0.05, 0.1) is 12.2 Å². The molecule has 1 saturated heterocycles. The molecule has 1 fully saturated rings. The van der Waals surface area contributed by atoms with E-state index < -0.39 is 0 Å². The van der Waals surface area contributed by atoms with E-state index in [-0.39, 0.29) is 5.41 Å². The Morgan fingerprint density at radius 2 is 2.16 bits per heavy atom. The van der Waals surface area contributed by atoms with E-state index in [9.17, 15) is 0 Å². The second kappa shape index (κ2) is 5.90. The van der Waals surface area contributed by atoms with Gasteiger partial charge in [-0.15, -0.1) is 11.3 Å². The van der Waals surface area contributed by atoms with Crippen LogP contribution in [0.25, 0.3) is 0 Å². The highest BCUT2D eigenvalue weighted by atomic mass is 32.1. The number of likely N-dealkylation sites (tertiary alicyclic amines) is 1. The third-order valence-electron chi connectivity index (χ3n) is 4.10. The second-order valence-corrected chi connectivity index (χ2v) is 7.66. The molecule has 2 N–H and O–H groups in total. The van der Waals surface area contributed by atoms with Crippen molar-refractivity contribution >= 4 is 11.3 Å². The van der Waals surface area contributed by atoms with Crippen LogP contribution in [0.4, 0.5) is 0 Å². The molecule has 0 spiro atoms. The minimum absolute atomic E-state index is 0.148. The molecule has 0 saturated carbocycles. The zero-order valence-electron chi connectivity index (χ0n) is 12.6. The predicted molar refractivity (Wildman–Crippen MR) is 82.5 cm³/mol. The number of nitrogens with two attached hydrogens (primary N) is 1. The SMILES string of the molecule is CC1CCCC(CN)N1Cc1nc(C(C)(C)C)cs1. The number of aromatic nitrogens is 1. The van der Waals surface area contributed by atoms with Gasteiger partial charge in [-0.1, -0.05) is 27.2 Å². The molecular weight excluding hydrogens is 254 g/mol. The molecule has 0 aromatic carbocycles. The number of nitrogens with zero attached hydrogens (tertiary/aromatic N) is 2. The molecule has 1 aromatic rings. The first-order chi connectivity index (χ1) is 8.91. The van der Waals surface area contributed by atoms with Crippen molar-refractivity contribution < 1.29 is 0 Å². The molecule has 1 aromatic heterocycles. The van der Waals surface area contributed by atoms with Gasteiger partial charge in [-0.25, -0.2) is 4.98 Å². The first-order valence-electron chi connectivity index (χ1n) is 7.32. The normalized spacial score (nSPS) is 25.7. The molecule has 2 atom stereocenters. The van der Waals surface area contributed by atoms with E-state index in [1.54, 1.807) is 11.3 Å². The molecule has 0 amide bonds. The minimum atomic E-state index is 0.148. The van der Waals surface area contributed by atoms with E-state index in [0.717, 1.165) is 13.1 Å². The third-order valence-corrected chi connectivity index (χ3v) is 4.94. The van der Waals surface area contributed by atoms with Crippen molar-refractivity contribution in [3.05, 3.63) is 16.1 Å². The highest BCUT2D eigenvalue weighted by Crippen LogP contribution is 2.28. The van der Waals surface area contributed by atoms with Crippen LogP contribution >= 0.6 is 11.3 Å². The molecule has 108 valence electrons. The summed E-state index contributed by atoms with van der Waals surface area (Å²) in [6.07, 6.45) is 3.83. The quantitative estimate of drug-likeness (QED) is 0.925. The molecule has 2 heterocycles. The average Bonchev–Trinajstić information content (AvgIpc) is 2.80. The Balaban J connectivity index is 2.08. The fourth-order valence-corrected chi connectivity index (χ4v) is 3.79. The summed E-state index contributed by atoms with van der Waals surface area (Å²) in [5.74, 6) is 0. The molecule has 3 nitrogen and oxygen atoms in total. The van der Waals surface area contributed by atoms with Crippen LogP contribution in [-0.4, -0.2) is 28.5 Å². The lowest BCUT2D eigenvalue weighted by atomic mass is 9.93. The van der Waals surface area contributed by atoms with Gasteiger partial charge in [0.1, 0.15) is 5.01 Å². The summed E-state index contributed by atoms with van der Waals surface area (Å²) in [4.78, 5) is 7.37. The van der Waals surface area contributed by atoms with Crippen molar-refractivity contribution in [2.24, 2.45) is 5.73 Å². The standard InChI is InChI=1S/C15H27N3S/c1-11-6-5-7-12(8-16)18(11)9-14-17-13(10-19-14)15(2,3)4/h10-12H,5-9,16H2,1-4H3. The zero-order valence-corrected chi connectivity index (χ0v) is 13.5. The Morgan fingerprint density at radius 3 is 2.74 bits per heavy atom. The number of hydrogen-bond donors (Lipinski definition) is 1. The largest absolute Gasteiger partial charge is 0.329 e. The van der Waals surface area contributed by atoms with Crippen LogP contribution in [0.15, 0.2) is 5.38 Å². The maximum absolute atomic E-state index is 5.93. The van der Waals surface area contributed by atoms with Crippen LogP contribution in [0.5, 0.6) is 0 Å². The monoisotopic (exact) mass is 281 g/mol. The lowest BCUT2D eigenvalue weighted by Gasteiger charge is -2.39. The van der Waals surface area contributed by atoms with E-state index >= 15 is 0 Å². The summed E-state index contributed by atoms with van der Waals surface area (Å²) in [6, 6.07) is 1.16. The van der Waals surface area contributed by atoms with E-state index in [1.807, 2.05) is 0 Å². The van der Waals surface area contributed by atoms with Crippen molar-refractivity contribution in [3.63, 3.8) is 0 Å². The predicted octanol–water partition coefficient (Wildman–Crippen LogP) is 3.14. The summed E-state index contributed by atoms with van der Waals surface area (Å²) in [7, 11) is 0. The summed E-state index contributed by atoms with van der Waals surface area (Å²) >= 11 is 1.79. The van der Waals surface area contributed by atoms with Gasteiger partial charge in [0.2, 0.25) is 0 Å². The van der Waals surface area contributed by atoms with Gasteiger partial charge in [0.25, 0.3) is 0 Å². The molecule has 1 aliphatic heterocycles. The average molecular weight is 281 g/mol. The van der Waals surface area contributed by atoms with E-state index in [4.69, 9.17) is 10.7 Å². The van der Waals surface area contributed by atoms with Crippen molar-refractivity contribution in [2.75, 3.05) is 6.54 Å². The first kappa shape index (κ1) is 14.9. The Labute approximate surface area is 121 Å². The molecule has 1 aliphatic rings. The Kier molecular flexibility index (Phi) is 4.64. The summed E-state index contributed by atoms with van der Waals surface area (Å²) in [6.45, 7) is 10.7. The van der Waals surface area contributed by atoms with E-state index in [1.165, 1.54) is 30.0 Å². The third kappa shape index (κ3) is 3.56. The molecule has 2 unspecified atom stereocenters. The van der Waals surface area contributed by atoms with Gasteiger partial charge in [-0.3, -0.25) is 4.90 Å².